The van der Waals surface area contributed by atoms with Crippen LogP contribution in [0.25, 0.3) is 22.3 Å². The van der Waals surface area contributed by atoms with E-state index >= 15 is 0 Å². The van der Waals surface area contributed by atoms with Crippen LogP contribution in [0.15, 0.2) is 48.8 Å². The maximum atomic E-state index is 13.9. The van der Waals surface area contributed by atoms with Crippen molar-refractivity contribution in [3.8, 4) is 11.3 Å². The molecule has 9 nitrogen and oxygen atoms in total. The topological polar surface area (TPSA) is 98.6 Å². The Morgan fingerprint density at radius 3 is 2.44 bits per heavy atom. The fourth-order valence-corrected chi connectivity index (χ4v) is 7.94. The standard InChI is InChI=1S/C38H48ClN7O2/c1-22(2)41-36(47)28-17-25(11-13-30(28)39)42-35-34-32(40-21-45(34)23(3)4)20-31(43-35)24-10-12-29-33(16-24)46(37(48)38(29,5)6)27-18-26(19-27)44-14-8-7-9-15-44/h10-13,16-17,20-23,26-27,36,41,47H,7-9,14-15,18-19H2,1-6H3,(H,42,43). The molecule has 10 heteroatoms. The maximum Gasteiger partial charge on any atom is 0.237 e. The molecule has 1 amide bonds. The Labute approximate surface area is 288 Å². The van der Waals surface area contributed by atoms with E-state index in [1.165, 1.54) is 32.4 Å². The number of imidazole rings is 1. The summed E-state index contributed by atoms with van der Waals surface area (Å²) < 4.78 is 2.11. The van der Waals surface area contributed by atoms with Crippen molar-refractivity contribution in [2.24, 2.45) is 0 Å². The first-order chi connectivity index (χ1) is 22.9. The lowest BCUT2D eigenvalue weighted by atomic mass is 9.82. The average molecular weight is 670 g/mol. The SMILES string of the molecule is CC(C)NC(O)c1cc(Nc2nc(-c3ccc4c(c3)N(C3CC(N5CCCCC5)C3)C(=O)C4(C)C)cc3ncn(C(C)C)c23)ccc1Cl. The summed E-state index contributed by atoms with van der Waals surface area (Å²) in [4.78, 5) is 28.7. The van der Waals surface area contributed by atoms with Crippen LogP contribution < -0.4 is 15.5 Å². The van der Waals surface area contributed by atoms with E-state index in [1.54, 1.807) is 6.07 Å². The van der Waals surface area contributed by atoms with Gasteiger partial charge in [0.2, 0.25) is 5.91 Å². The molecule has 254 valence electrons. The number of aromatic nitrogens is 3. The number of halogens is 1. The third-order valence-corrected chi connectivity index (χ3v) is 10.8. The molecule has 2 aliphatic heterocycles. The lowest BCUT2D eigenvalue weighted by molar-refractivity contribution is -0.123. The number of carbonyl (C=O) groups excluding carboxylic acids is 1. The van der Waals surface area contributed by atoms with Gasteiger partial charge in [-0.1, -0.05) is 30.2 Å². The van der Waals surface area contributed by atoms with Crippen LogP contribution in [-0.2, 0) is 10.2 Å². The van der Waals surface area contributed by atoms with Gasteiger partial charge in [-0.05, 0) is 116 Å². The number of aliphatic hydroxyl groups is 1. The molecule has 4 aromatic rings. The third kappa shape index (κ3) is 5.89. The molecule has 0 radical (unpaired) electrons. The van der Waals surface area contributed by atoms with Crippen molar-refractivity contribution < 1.29 is 9.90 Å². The fourth-order valence-electron chi connectivity index (χ4n) is 7.72. The number of carbonyl (C=O) groups is 1. The van der Waals surface area contributed by atoms with E-state index in [-0.39, 0.29) is 24.0 Å². The number of aliphatic hydroxyl groups excluding tert-OH is 1. The van der Waals surface area contributed by atoms with Gasteiger partial charge in [-0.15, -0.1) is 0 Å². The van der Waals surface area contributed by atoms with Crippen LogP contribution in [0.3, 0.4) is 0 Å². The van der Waals surface area contributed by atoms with Crippen molar-refractivity contribution in [3.05, 3.63) is 64.9 Å². The summed E-state index contributed by atoms with van der Waals surface area (Å²) in [6, 6.07) is 15.0. The first-order valence-electron chi connectivity index (χ1n) is 17.5. The van der Waals surface area contributed by atoms with Crippen LogP contribution in [0, 0.1) is 0 Å². The summed E-state index contributed by atoms with van der Waals surface area (Å²) in [5.74, 6) is 0.844. The molecule has 2 fully saturated rings. The Balaban J connectivity index is 1.25. The number of likely N-dealkylation sites (tertiary alicyclic amines) is 1. The minimum absolute atomic E-state index is 0.0792. The zero-order valence-electron chi connectivity index (χ0n) is 28.9. The average Bonchev–Trinajstić information content (AvgIpc) is 3.55. The molecule has 1 atom stereocenters. The molecule has 0 spiro atoms. The van der Waals surface area contributed by atoms with Gasteiger partial charge in [-0.3, -0.25) is 10.1 Å². The van der Waals surface area contributed by atoms with Crippen molar-refractivity contribution in [3.63, 3.8) is 0 Å². The molecule has 4 heterocycles. The predicted octanol–water partition coefficient (Wildman–Crippen LogP) is 7.71. The molecule has 1 unspecified atom stereocenters. The van der Waals surface area contributed by atoms with Crippen molar-refractivity contribution in [2.45, 2.75) is 109 Å². The largest absolute Gasteiger partial charge is 0.374 e. The molecule has 1 saturated heterocycles. The third-order valence-electron chi connectivity index (χ3n) is 10.5. The van der Waals surface area contributed by atoms with E-state index in [4.69, 9.17) is 21.6 Å². The Morgan fingerprint density at radius 2 is 1.73 bits per heavy atom. The minimum Gasteiger partial charge on any atom is -0.374 e. The van der Waals surface area contributed by atoms with E-state index in [1.807, 2.05) is 52.2 Å². The maximum absolute atomic E-state index is 13.9. The molecule has 2 aromatic carbocycles. The summed E-state index contributed by atoms with van der Waals surface area (Å²) >= 11 is 6.51. The number of nitrogens with zero attached hydrogens (tertiary/aromatic N) is 5. The zero-order chi connectivity index (χ0) is 33.9. The Hall–Kier alpha value is -3.50. The van der Waals surface area contributed by atoms with Crippen LogP contribution in [0.5, 0.6) is 0 Å². The Bertz CT molecular complexity index is 1840. The summed E-state index contributed by atoms with van der Waals surface area (Å²) in [6.45, 7) is 14.7. The molecule has 1 saturated carbocycles. The van der Waals surface area contributed by atoms with Gasteiger partial charge < -0.3 is 24.8 Å². The summed E-state index contributed by atoms with van der Waals surface area (Å²) in [5, 5.41) is 18.0. The minimum atomic E-state index is -0.910. The van der Waals surface area contributed by atoms with Crippen LogP contribution in [-0.4, -0.2) is 61.7 Å². The number of benzene rings is 2. The van der Waals surface area contributed by atoms with Crippen LogP contribution in [0.4, 0.5) is 17.2 Å². The highest BCUT2D eigenvalue weighted by atomic mass is 35.5. The highest BCUT2D eigenvalue weighted by molar-refractivity contribution is 6.31. The lowest BCUT2D eigenvalue weighted by Gasteiger charge is -2.48. The number of rotatable bonds is 9. The molecule has 2 aromatic heterocycles. The molecule has 7 rings (SSSR count). The van der Waals surface area contributed by atoms with Gasteiger partial charge in [0.05, 0.1) is 23.0 Å². The number of hydrogen-bond donors (Lipinski definition) is 3. The Kier molecular flexibility index (Phi) is 8.77. The highest BCUT2D eigenvalue weighted by Crippen LogP contribution is 2.48. The van der Waals surface area contributed by atoms with Gasteiger partial charge in [0.15, 0.2) is 5.82 Å². The molecular weight excluding hydrogens is 622 g/mol. The van der Waals surface area contributed by atoms with Gasteiger partial charge >= 0.3 is 0 Å². The van der Waals surface area contributed by atoms with Gasteiger partial charge in [0, 0.05) is 51.7 Å². The lowest BCUT2D eigenvalue weighted by Crippen LogP contribution is -2.57. The summed E-state index contributed by atoms with van der Waals surface area (Å²) in [7, 11) is 0. The fraction of sp³-hybridized carbons (Fsp3) is 0.500. The number of pyridine rings is 1. The molecule has 48 heavy (non-hydrogen) atoms. The zero-order valence-corrected chi connectivity index (χ0v) is 29.7. The highest BCUT2D eigenvalue weighted by Gasteiger charge is 2.50. The van der Waals surface area contributed by atoms with Gasteiger partial charge in [0.1, 0.15) is 11.7 Å². The second-order valence-corrected chi connectivity index (χ2v) is 15.4. The predicted molar refractivity (Wildman–Crippen MR) is 194 cm³/mol. The first-order valence-corrected chi connectivity index (χ1v) is 17.9. The first kappa shape index (κ1) is 33.0. The van der Waals surface area contributed by atoms with Crippen molar-refractivity contribution in [1.82, 2.24) is 24.8 Å². The van der Waals surface area contributed by atoms with E-state index in [9.17, 15) is 9.90 Å². The van der Waals surface area contributed by atoms with Gasteiger partial charge in [0.25, 0.3) is 0 Å². The van der Waals surface area contributed by atoms with Gasteiger partial charge in [-0.25, -0.2) is 9.97 Å². The van der Waals surface area contributed by atoms with E-state index in [2.05, 4.69) is 57.0 Å². The molecule has 3 N–H and O–H groups in total. The number of nitrogens with one attached hydrogen (secondary N) is 2. The molecule has 1 aliphatic carbocycles. The summed E-state index contributed by atoms with van der Waals surface area (Å²) in [6.07, 6.45) is 6.90. The second-order valence-electron chi connectivity index (χ2n) is 15.0. The second kappa shape index (κ2) is 12.8. The Morgan fingerprint density at radius 1 is 0.979 bits per heavy atom. The normalized spacial score (nSPS) is 21.6. The van der Waals surface area contributed by atoms with Crippen LogP contribution in [0.2, 0.25) is 5.02 Å². The number of fused-ring (bicyclic) bond motifs is 2. The smallest absolute Gasteiger partial charge is 0.237 e. The number of hydrogen-bond acceptors (Lipinski definition) is 7. The molecule has 0 bridgehead atoms. The van der Waals surface area contributed by atoms with Crippen LogP contribution >= 0.6 is 11.6 Å². The van der Waals surface area contributed by atoms with Crippen molar-refractivity contribution >= 4 is 45.7 Å². The summed E-state index contributed by atoms with van der Waals surface area (Å²) in [5.41, 5.74) is 6.26. The van der Waals surface area contributed by atoms with E-state index in [0.29, 0.717) is 22.4 Å². The number of piperidine rings is 1. The van der Waals surface area contributed by atoms with Gasteiger partial charge in [-0.2, -0.15) is 0 Å². The van der Waals surface area contributed by atoms with Crippen molar-refractivity contribution in [2.75, 3.05) is 23.3 Å². The molecule has 3 aliphatic rings. The van der Waals surface area contributed by atoms with E-state index < -0.39 is 11.6 Å². The van der Waals surface area contributed by atoms with E-state index in [0.717, 1.165) is 52.1 Å². The molecular formula is C38H48ClN7O2. The van der Waals surface area contributed by atoms with Crippen molar-refractivity contribution in [1.29, 1.82) is 0 Å². The monoisotopic (exact) mass is 669 g/mol. The number of anilines is 3. The van der Waals surface area contributed by atoms with Crippen LogP contribution in [0.1, 0.15) is 97.0 Å². The number of amides is 1. The quantitative estimate of drug-likeness (QED) is 0.157.